The molecule has 0 spiro atoms. The smallest absolute Gasteiger partial charge is 0.119 e. The van der Waals surface area contributed by atoms with Crippen molar-refractivity contribution in [2.24, 2.45) is 0 Å². The predicted octanol–water partition coefficient (Wildman–Crippen LogP) is 4.21. The normalized spacial score (nSPS) is 10.8. The minimum Gasteiger partial charge on any atom is -0.492 e. The Hall–Kier alpha value is -2.30. The lowest BCUT2D eigenvalue weighted by atomic mass is 10.1. The average molecular weight is 342 g/mol. The van der Waals surface area contributed by atoms with Gasteiger partial charge in [-0.05, 0) is 36.8 Å². The fourth-order valence-electron chi connectivity index (χ4n) is 2.41. The fraction of sp³-hybridized carbons (Fsp3) is 0.211. The summed E-state index contributed by atoms with van der Waals surface area (Å²) in [6, 6.07) is 15.8. The number of benzene rings is 2. The first kappa shape index (κ1) is 16.6. The largest absolute Gasteiger partial charge is 0.492 e. The lowest BCUT2D eigenvalue weighted by Crippen LogP contribution is -2.20. The van der Waals surface area contributed by atoms with Crippen LogP contribution in [0.25, 0.3) is 11.3 Å². The molecule has 0 atom stereocenters. The molecule has 0 aliphatic rings. The number of ether oxygens (including phenoxy) is 1. The van der Waals surface area contributed by atoms with Crippen LogP contribution in [0, 0.1) is 6.92 Å². The first-order chi connectivity index (χ1) is 11.7. The van der Waals surface area contributed by atoms with Gasteiger partial charge in [0.05, 0.1) is 11.9 Å². The van der Waals surface area contributed by atoms with Crippen LogP contribution in [-0.4, -0.2) is 23.3 Å². The number of aryl methyl sites for hydroxylation is 1. The van der Waals surface area contributed by atoms with E-state index in [1.807, 2.05) is 30.5 Å². The summed E-state index contributed by atoms with van der Waals surface area (Å²) in [5, 5.41) is 11.3. The van der Waals surface area contributed by atoms with E-state index in [0.717, 1.165) is 35.7 Å². The van der Waals surface area contributed by atoms with E-state index < -0.39 is 0 Å². The molecule has 1 heterocycles. The Kier molecular flexibility index (Phi) is 5.51. The molecule has 4 nitrogen and oxygen atoms in total. The summed E-state index contributed by atoms with van der Waals surface area (Å²) >= 11 is 5.85. The summed E-state index contributed by atoms with van der Waals surface area (Å²) in [6.07, 6.45) is 1.86. The highest BCUT2D eigenvalue weighted by Crippen LogP contribution is 2.21. The van der Waals surface area contributed by atoms with E-state index in [-0.39, 0.29) is 0 Å². The average Bonchev–Trinajstić information content (AvgIpc) is 3.05. The van der Waals surface area contributed by atoms with Gasteiger partial charge in [-0.1, -0.05) is 41.4 Å². The fourth-order valence-corrected chi connectivity index (χ4v) is 2.54. The SMILES string of the molecule is Cc1ccc(-c2[nH]ncc2CNCCOc2ccc(Cl)cc2)cc1. The summed E-state index contributed by atoms with van der Waals surface area (Å²) in [5.41, 5.74) is 4.59. The molecule has 0 unspecified atom stereocenters. The van der Waals surface area contributed by atoms with E-state index in [2.05, 4.69) is 46.7 Å². The van der Waals surface area contributed by atoms with Crippen LogP contribution in [0.1, 0.15) is 11.1 Å². The third kappa shape index (κ3) is 4.37. The number of halogens is 1. The molecule has 124 valence electrons. The van der Waals surface area contributed by atoms with E-state index in [0.29, 0.717) is 11.6 Å². The molecule has 0 fully saturated rings. The van der Waals surface area contributed by atoms with Crippen LogP contribution >= 0.6 is 11.6 Å². The van der Waals surface area contributed by atoms with Crippen molar-refractivity contribution in [2.75, 3.05) is 13.2 Å². The summed E-state index contributed by atoms with van der Waals surface area (Å²) in [4.78, 5) is 0. The molecular formula is C19H20ClN3O. The maximum atomic E-state index is 5.85. The Morgan fingerprint density at radius 2 is 1.83 bits per heavy atom. The van der Waals surface area contributed by atoms with Crippen LogP contribution in [0.5, 0.6) is 5.75 Å². The molecule has 0 saturated carbocycles. The van der Waals surface area contributed by atoms with Crippen LogP contribution < -0.4 is 10.1 Å². The van der Waals surface area contributed by atoms with Crippen molar-refractivity contribution in [3.05, 3.63) is 70.9 Å². The highest BCUT2D eigenvalue weighted by Gasteiger charge is 2.07. The van der Waals surface area contributed by atoms with Crippen molar-refractivity contribution in [3.63, 3.8) is 0 Å². The number of rotatable bonds is 7. The molecule has 24 heavy (non-hydrogen) atoms. The monoisotopic (exact) mass is 341 g/mol. The lowest BCUT2D eigenvalue weighted by Gasteiger charge is -2.08. The van der Waals surface area contributed by atoms with E-state index >= 15 is 0 Å². The molecule has 0 aliphatic carbocycles. The van der Waals surface area contributed by atoms with Gasteiger partial charge in [0.15, 0.2) is 0 Å². The maximum Gasteiger partial charge on any atom is 0.119 e. The van der Waals surface area contributed by atoms with E-state index in [4.69, 9.17) is 16.3 Å². The minimum absolute atomic E-state index is 0.597. The highest BCUT2D eigenvalue weighted by atomic mass is 35.5. The maximum absolute atomic E-state index is 5.85. The van der Waals surface area contributed by atoms with Crippen molar-refractivity contribution in [1.82, 2.24) is 15.5 Å². The van der Waals surface area contributed by atoms with Gasteiger partial charge in [-0.25, -0.2) is 0 Å². The van der Waals surface area contributed by atoms with Gasteiger partial charge in [-0.15, -0.1) is 0 Å². The Labute approximate surface area is 146 Å². The first-order valence-corrected chi connectivity index (χ1v) is 8.28. The molecule has 0 amide bonds. The van der Waals surface area contributed by atoms with Crippen LogP contribution in [0.15, 0.2) is 54.7 Å². The van der Waals surface area contributed by atoms with Crippen molar-refractivity contribution >= 4 is 11.6 Å². The van der Waals surface area contributed by atoms with Crippen LogP contribution in [0.3, 0.4) is 0 Å². The molecule has 5 heteroatoms. The van der Waals surface area contributed by atoms with Gasteiger partial charge in [-0.2, -0.15) is 5.10 Å². The molecular weight excluding hydrogens is 322 g/mol. The van der Waals surface area contributed by atoms with Crippen molar-refractivity contribution in [2.45, 2.75) is 13.5 Å². The van der Waals surface area contributed by atoms with E-state index in [9.17, 15) is 0 Å². The van der Waals surface area contributed by atoms with Gasteiger partial charge < -0.3 is 10.1 Å². The third-order valence-electron chi connectivity index (χ3n) is 3.73. The number of nitrogens with one attached hydrogen (secondary N) is 2. The van der Waals surface area contributed by atoms with Crippen LogP contribution in [-0.2, 0) is 6.54 Å². The Morgan fingerprint density at radius 3 is 2.58 bits per heavy atom. The zero-order valence-electron chi connectivity index (χ0n) is 13.6. The number of aromatic nitrogens is 2. The standard InChI is InChI=1S/C19H20ClN3O/c1-14-2-4-15(5-3-14)19-16(13-22-23-19)12-21-10-11-24-18-8-6-17(20)7-9-18/h2-9,13,21H,10-12H2,1H3,(H,22,23). The Balaban J connectivity index is 1.48. The number of H-pyrrole nitrogens is 1. The topological polar surface area (TPSA) is 49.9 Å². The molecule has 0 aliphatic heterocycles. The van der Waals surface area contributed by atoms with Crippen molar-refractivity contribution in [3.8, 4) is 17.0 Å². The molecule has 1 aromatic heterocycles. The minimum atomic E-state index is 0.597. The zero-order chi connectivity index (χ0) is 16.8. The molecule has 2 N–H and O–H groups in total. The highest BCUT2D eigenvalue weighted by molar-refractivity contribution is 6.30. The summed E-state index contributed by atoms with van der Waals surface area (Å²) in [6.45, 7) is 4.17. The second-order valence-corrected chi connectivity index (χ2v) is 6.05. The molecule has 3 rings (SSSR count). The molecule has 0 bridgehead atoms. The van der Waals surface area contributed by atoms with Gasteiger partial charge >= 0.3 is 0 Å². The quantitative estimate of drug-likeness (QED) is 0.633. The van der Waals surface area contributed by atoms with Crippen LogP contribution in [0.2, 0.25) is 5.02 Å². The number of hydrogen-bond donors (Lipinski definition) is 2. The summed E-state index contributed by atoms with van der Waals surface area (Å²) < 4.78 is 5.66. The summed E-state index contributed by atoms with van der Waals surface area (Å²) in [5.74, 6) is 0.824. The lowest BCUT2D eigenvalue weighted by molar-refractivity contribution is 0.313. The van der Waals surface area contributed by atoms with Gasteiger partial charge in [-0.3, -0.25) is 5.10 Å². The van der Waals surface area contributed by atoms with Crippen molar-refractivity contribution in [1.29, 1.82) is 0 Å². The van der Waals surface area contributed by atoms with E-state index in [1.165, 1.54) is 5.56 Å². The van der Waals surface area contributed by atoms with Crippen LogP contribution in [0.4, 0.5) is 0 Å². The first-order valence-electron chi connectivity index (χ1n) is 7.91. The number of aromatic amines is 1. The molecule has 0 saturated heterocycles. The second-order valence-electron chi connectivity index (χ2n) is 5.62. The second kappa shape index (κ2) is 7.99. The van der Waals surface area contributed by atoms with E-state index in [1.54, 1.807) is 0 Å². The Bertz CT molecular complexity index is 766. The molecule has 3 aromatic rings. The summed E-state index contributed by atoms with van der Waals surface area (Å²) in [7, 11) is 0. The van der Waals surface area contributed by atoms with Gasteiger partial charge in [0.25, 0.3) is 0 Å². The third-order valence-corrected chi connectivity index (χ3v) is 3.99. The predicted molar refractivity (Wildman–Crippen MR) is 97.4 cm³/mol. The molecule has 0 radical (unpaired) electrons. The van der Waals surface area contributed by atoms with Gasteiger partial charge in [0, 0.05) is 23.7 Å². The van der Waals surface area contributed by atoms with Gasteiger partial charge in [0.2, 0.25) is 0 Å². The molecule has 2 aromatic carbocycles. The Morgan fingerprint density at radius 1 is 1.08 bits per heavy atom. The number of hydrogen-bond acceptors (Lipinski definition) is 3. The van der Waals surface area contributed by atoms with Crippen molar-refractivity contribution < 1.29 is 4.74 Å². The van der Waals surface area contributed by atoms with Gasteiger partial charge in [0.1, 0.15) is 12.4 Å². The zero-order valence-corrected chi connectivity index (χ0v) is 14.3. The number of nitrogens with zero attached hydrogens (tertiary/aromatic N) is 1.